The number of methoxy groups -OCH3 is 1. The van der Waals surface area contributed by atoms with Gasteiger partial charge in [-0.3, -0.25) is 0 Å². The first-order chi connectivity index (χ1) is 10.0. The first-order valence-electron chi connectivity index (χ1n) is 6.44. The molecule has 114 valence electrons. The number of carboxylic acid groups (broad SMARTS) is 1. The van der Waals surface area contributed by atoms with Crippen molar-refractivity contribution in [2.24, 2.45) is 0 Å². The third kappa shape index (κ3) is 3.83. The Morgan fingerprint density at radius 2 is 2.19 bits per heavy atom. The van der Waals surface area contributed by atoms with E-state index in [4.69, 9.17) is 14.0 Å². The van der Waals surface area contributed by atoms with Gasteiger partial charge in [0.1, 0.15) is 24.7 Å². The second-order valence-corrected chi connectivity index (χ2v) is 5.89. The Kier molecular flexibility index (Phi) is 4.98. The molecule has 21 heavy (non-hydrogen) atoms. The Morgan fingerprint density at radius 1 is 1.43 bits per heavy atom. The zero-order valence-electron chi connectivity index (χ0n) is 12.1. The minimum atomic E-state index is -0.984. The monoisotopic (exact) mass is 311 g/mol. The van der Waals surface area contributed by atoms with Gasteiger partial charge >= 0.3 is 5.97 Å². The maximum absolute atomic E-state index is 11.2. The number of nitrogens with zero attached hydrogens (tertiary/aromatic N) is 1. The van der Waals surface area contributed by atoms with Crippen LogP contribution < -0.4 is 4.74 Å². The summed E-state index contributed by atoms with van der Waals surface area (Å²) in [5.41, 5.74) is 0.593. The smallest absolute Gasteiger partial charge is 0.349 e. The molecule has 2 rings (SSSR count). The number of aromatic carboxylic acids is 1. The van der Waals surface area contributed by atoms with Crippen molar-refractivity contribution in [3.8, 4) is 5.75 Å². The second-order valence-electron chi connectivity index (χ2n) is 4.81. The van der Waals surface area contributed by atoms with Gasteiger partial charge in [0.25, 0.3) is 0 Å². The van der Waals surface area contributed by atoms with Gasteiger partial charge in [-0.15, -0.1) is 11.3 Å². The SMILES string of the molecule is COCc1cc(COc2cc(C(C)C)sc2C(=O)O)no1. The Labute approximate surface area is 126 Å². The van der Waals surface area contributed by atoms with Gasteiger partial charge in [0, 0.05) is 18.1 Å². The van der Waals surface area contributed by atoms with Crippen molar-refractivity contribution >= 4 is 17.3 Å². The average Bonchev–Trinajstić information content (AvgIpc) is 3.03. The number of rotatable bonds is 7. The molecule has 2 heterocycles. The predicted octanol–water partition coefficient (Wildman–Crippen LogP) is 3.28. The van der Waals surface area contributed by atoms with E-state index in [1.54, 1.807) is 19.2 Å². The number of carboxylic acids is 1. The predicted molar refractivity (Wildman–Crippen MR) is 76.9 cm³/mol. The highest BCUT2D eigenvalue weighted by atomic mass is 32.1. The molecule has 0 saturated carbocycles. The summed E-state index contributed by atoms with van der Waals surface area (Å²) in [7, 11) is 1.57. The first-order valence-corrected chi connectivity index (χ1v) is 7.26. The molecular formula is C14H17NO5S. The summed E-state index contributed by atoms with van der Waals surface area (Å²) >= 11 is 1.24. The molecule has 0 aliphatic heterocycles. The maximum atomic E-state index is 11.2. The van der Waals surface area contributed by atoms with Crippen LogP contribution >= 0.6 is 11.3 Å². The van der Waals surface area contributed by atoms with Gasteiger partial charge < -0.3 is 19.1 Å². The molecule has 0 atom stereocenters. The van der Waals surface area contributed by atoms with Crippen molar-refractivity contribution in [3.63, 3.8) is 0 Å². The molecule has 0 amide bonds. The molecule has 0 bridgehead atoms. The molecular weight excluding hydrogens is 294 g/mol. The summed E-state index contributed by atoms with van der Waals surface area (Å²) in [4.78, 5) is 12.4. The highest BCUT2D eigenvalue weighted by molar-refractivity contribution is 7.14. The molecule has 0 fully saturated rings. The first kappa shape index (κ1) is 15.5. The van der Waals surface area contributed by atoms with Crippen LogP contribution in [0.25, 0.3) is 0 Å². The zero-order chi connectivity index (χ0) is 15.4. The molecule has 6 nitrogen and oxygen atoms in total. The summed E-state index contributed by atoms with van der Waals surface area (Å²) in [6.07, 6.45) is 0. The van der Waals surface area contributed by atoms with E-state index in [0.29, 0.717) is 23.8 Å². The summed E-state index contributed by atoms with van der Waals surface area (Å²) in [5, 5.41) is 13.1. The van der Waals surface area contributed by atoms with Crippen LogP contribution in [0, 0.1) is 0 Å². The molecule has 0 aliphatic rings. The van der Waals surface area contributed by atoms with E-state index in [1.165, 1.54) is 11.3 Å². The van der Waals surface area contributed by atoms with E-state index >= 15 is 0 Å². The Balaban J connectivity index is 2.09. The standard InChI is InChI=1S/C14H17NO5S/c1-8(2)12-5-11(13(21-12)14(16)17)19-6-9-4-10(7-18-3)20-15-9/h4-5,8H,6-7H2,1-3H3,(H,16,17). The number of hydrogen-bond acceptors (Lipinski definition) is 6. The largest absolute Gasteiger partial charge is 0.485 e. The summed E-state index contributed by atoms with van der Waals surface area (Å²) in [6.45, 7) is 4.51. The molecule has 0 unspecified atom stereocenters. The fourth-order valence-electron chi connectivity index (χ4n) is 1.72. The normalized spacial score (nSPS) is 11.0. The third-order valence-electron chi connectivity index (χ3n) is 2.75. The van der Waals surface area contributed by atoms with Crippen LogP contribution in [0.15, 0.2) is 16.7 Å². The van der Waals surface area contributed by atoms with Gasteiger partial charge in [-0.25, -0.2) is 4.79 Å². The molecule has 0 aromatic carbocycles. The molecule has 0 spiro atoms. The van der Waals surface area contributed by atoms with Gasteiger partial charge in [-0.2, -0.15) is 0 Å². The second kappa shape index (κ2) is 6.73. The highest BCUT2D eigenvalue weighted by Gasteiger charge is 2.18. The summed E-state index contributed by atoms with van der Waals surface area (Å²) in [5.74, 6) is 0.239. The van der Waals surface area contributed by atoms with Crippen molar-refractivity contribution in [2.75, 3.05) is 7.11 Å². The van der Waals surface area contributed by atoms with Crippen LogP contribution in [-0.4, -0.2) is 23.3 Å². The van der Waals surface area contributed by atoms with Gasteiger partial charge in [-0.1, -0.05) is 19.0 Å². The Bertz CT molecular complexity index is 617. The van der Waals surface area contributed by atoms with Crippen LogP contribution in [-0.2, 0) is 18.0 Å². The van der Waals surface area contributed by atoms with Gasteiger partial charge in [0.15, 0.2) is 10.6 Å². The van der Waals surface area contributed by atoms with Crippen molar-refractivity contribution in [3.05, 3.63) is 33.3 Å². The number of hydrogen-bond donors (Lipinski definition) is 1. The van der Waals surface area contributed by atoms with Crippen LogP contribution in [0.1, 0.15) is 45.8 Å². The van der Waals surface area contributed by atoms with Crippen LogP contribution in [0.3, 0.4) is 0 Å². The fraction of sp³-hybridized carbons (Fsp3) is 0.429. The van der Waals surface area contributed by atoms with E-state index in [2.05, 4.69) is 5.16 Å². The maximum Gasteiger partial charge on any atom is 0.349 e. The van der Waals surface area contributed by atoms with Gasteiger partial charge in [0.05, 0.1) is 0 Å². The number of aromatic nitrogens is 1. The van der Waals surface area contributed by atoms with E-state index in [1.807, 2.05) is 13.8 Å². The lowest BCUT2D eigenvalue weighted by Gasteiger charge is -2.02. The van der Waals surface area contributed by atoms with E-state index in [0.717, 1.165) is 4.88 Å². The number of carbonyl (C=O) groups is 1. The van der Waals surface area contributed by atoms with Crippen molar-refractivity contribution in [1.82, 2.24) is 5.16 Å². The van der Waals surface area contributed by atoms with Gasteiger partial charge in [-0.05, 0) is 12.0 Å². The Hall–Kier alpha value is -1.86. The Morgan fingerprint density at radius 3 is 2.81 bits per heavy atom. The van der Waals surface area contributed by atoms with E-state index < -0.39 is 5.97 Å². The van der Waals surface area contributed by atoms with E-state index in [-0.39, 0.29) is 17.4 Å². The van der Waals surface area contributed by atoms with Crippen molar-refractivity contribution < 1.29 is 23.9 Å². The molecule has 1 N–H and O–H groups in total. The topological polar surface area (TPSA) is 81.8 Å². The minimum absolute atomic E-state index is 0.155. The van der Waals surface area contributed by atoms with E-state index in [9.17, 15) is 9.90 Å². The molecule has 2 aromatic heterocycles. The van der Waals surface area contributed by atoms with Crippen LogP contribution in [0.5, 0.6) is 5.75 Å². The lowest BCUT2D eigenvalue weighted by molar-refractivity contribution is 0.0697. The van der Waals surface area contributed by atoms with Gasteiger partial charge in [0.2, 0.25) is 0 Å². The van der Waals surface area contributed by atoms with Crippen LogP contribution in [0.2, 0.25) is 0 Å². The van der Waals surface area contributed by atoms with Crippen molar-refractivity contribution in [2.45, 2.75) is 33.0 Å². The lowest BCUT2D eigenvalue weighted by Crippen LogP contribution is -2.00. The fourth-order valence-corrected chi connectivity index (χ4v) is 2.66. The molecule has 0 radical (unpaired) electrons. The average molecular weight is 311 g/mol. The summed E-state index contributed by atoms with van der Waals surface area (Å²) < 4.78 is 15.6. The number of thiophene rings is 1. The quantitative estimate of drug-likeness (QED) is 0.845. The molecule has 2 aromatic rings. The minimum Gasteiger partial charge on any atom is -0.485 e. The molecule has 0 aliphatic carbocycles. The zero-order valence-corrected chi connectivity index (χ0v) is 12.9. The summed E-state index contributed by atoms with van der Waals surface area (Å²) in [6, 6.07) is 3.49. The van der Waals surface area contributed by atoms with Crippen LogP contribution in [0.4, 0.5) is 0 Å². The third-order valence-corrected chi connectivity index (χ3v) is 4.16. The molecule has 7 heteroatoms. The highest BCUT2D eigenvalue weighted by Crippen LogP contribution is 2.34. The molecule has 0 saturated heterocycles. The lowest BCUT2D eigenvalue weighted by atomic mass is 10.2. The number of ether oxygens (including phenoxy) is 2. The van der Waals surface area contributed by atoms with Crippen molar-refractivity contribution in [1.29, 1.82) is 0 Å².